The molecule has 0 radical (unpaired) electrons. The number of nitrogens with zero attached hydrogens (tertiary/aromatic N) is 2. The lowest BCUT2D eigenvalue weighted by atomic mass is 10.2. The van der Waals surface area contributed by atoms with E-state index in [4.69, 9.17) is 0 Å². The number of pyridine rings is 1. The molecule has 1 atom stereocenters. The molecule has 3 rings (SSSR count). The van der Waals surface area contributed by atoms with Crippen LogP contribution in [0.2, 0.25) is 0 Å². The van der Waals surface area contributed by atoms with Crippen molar-refractivity contribution >= 4 is 11.4 Å². The number of hydrogen-bond acceptors (Lipinski definition) is 5. The second kappa shape index (κ2) is 2.75. The van der Waals surface area contributed by atoms with E-state index in [0.29, 0.717) is 0 Å². The van der Waals surface area contributed by atoms with Gasteiger partial charge in [0.15, 0.2) is 5.75 Å². The first kappa shape index (κ1) is 7.87. The van der Waals surface area contributed by atoms with E-state index in [9.17, 15) is 5.11 Å². The van der Waals surface area contributed by atoms with Crippen molar-refractivity contribution in [1.82, 2.24) is 10.4 Å². The number of hydrogen-bond donors (Lipinski definition) is 3. The lowest BCUT2D eigenvalue weighted by Gasteiger charge is -2.31. The molecule has 1 aromatic rings. The first-order valence-electron chi connectivity index (χ1n) is 4.82. The largest absolute Gasteiger partial charge is 0.504 e. The summed E-state index contributed by atoms with van der Waals surface area (Å²) in [5.74, 6) is 0.221. The Balaban J connectivity index is 2.05. The Hall–Kier alpha value is -1.49. The quantitative estimate of drug-likeness (QED) is 0.563. The van der Waals surface area contributed by atoms with Gasteiger partial charge in [-0.3, -0.25) is 9.99 Å². The van der Waals surface area contributed by atoms with Crippen LogP contribution < -0.4 is 15.8 Å². The number of aromatic hydroxyl groups is 1. The van der Waals surface area contributed by atoms with Crippen molar-refractivity contribution in [2.75, 3.05) is 16.9 Å². The van der Waals surface area contributed by atoms with Gasteiger partial charge in [0.2, 0.25) is 0 Å². The number of aromatic nitrogens is 1. The molecule has 2 aliphatic rings. The van der Waals surface area contributed by atoms with Crippen LogP contribution in [0.25, 0.3) is 0 Å². The second-order valence-corrected chi connectivity index (χ2v) is 3.63. The molecule has 14 heavy (non-hydrogen) atoms. The van der Waals surface area contributed by atoms with Gasteiger partial charge >= 0.3 is 0 Å². The zero-order chi connectivity index (χ0) is 9.54. The third-order valence-corrected chi connectivity index (χ3v) is 2.72. The van der Waals surface area contributed by atoms with E-state index in [1.54, 1.807) is 6.20 Å². The molecule has 2 aliphatic heterocycles. The van der Waals surface area contributed by atoms with E-state index in [1.807, 2.05) is 5.01 Å². The fourth-order valence-electron chi connectivity index (χ4n) is 2.06. The second-order valence-electron chi connectivity index (χ2n) is 3.63. The van der Waals surface area contributed by atoms with Crippen LogP contribution >= 0.6 is 0 Å². The molecule has 1 aromatic heterocycles. The Bertz CT molecular complexity index is 368. The van der Waals surface area contributed by atoms with Crippen LogP contribution in [0.4, 0.5) is 11.4 Å². The molecule has 5 nitrogen and oxygen atoms in total. The molecule has 3 N–H and O–H groups in total. The van der Waals surface area contributed by atoms with Crippen molar-refractivity contribution in [3.63, 3.8) is 0 Å². The molecule has 0 aromatic carbocycles. The van der Waals surface area contributed by atoms with Crippen molar-refractivity contribution < 1.29 is 5.11 Å². The Morgan fingerprint density at radius 1 is 1.50 bits per heavy atom. The predicted molar refractivity (Wildman–Crippen MR) is 53.0 cm³/mol. The van der Waals surface area contributed by atoms with E-state index < -0.39 is 0 Å². The highest BCUT2D eigenvalue weighted by molar-refractivity contribution is 5.79. The van der Waals surface area contributed by atoms with Gasteiger partial charge in [0, 0.05) is 6.54 Å². The Morgan fingerprint density at radius 3 is 3.36 bits per heavy atom. The van der Waals surface area contributed by atoms with Crippen molar-refractivity contribution in [3.05, 3.63) is 12.4 Å². The first-order valence-corrected chi connectivity index (χ1v) is 4.82. The van der Waals surface area contributed by atoms with Crippen molar-refractivity contribution in [2.45, 2.75) is 19.0 Å². The van der Waals surface area contributed by atoms with Gasteiger partial charge in [-0.2, -0.15) is 0 Å². The molecule has 0 bridgehead atoms. The molecule has 0 saturated carbocycles. The zero-order valence-corrected chi connectivity index (χ0v) is 7.70. The zero-order valence-electron chi connectivity index (χ0n) is 7.70. The van der Waals surface area contributed by atoms with Crippen LogP contribution in [0.1, 0.15) is 12.8 Å². The van der Waals surface area contributed by atoms with E-state index >= 15 is 0 Å². The highest BCUT2D eigenvalue weighted by Crippen LogP contribution is 2.40. The fourth-order valence-corrected chi connectivity index (χ4v) is 2.06. The molecule has 1 saturated heterocycles. The van der Waals surface area contributed by atoms with Crippen molar-refractivity contribution in [3.8, 4) is 5.75 Å². The first-order chi connectivity index (χ1) is 6.86. The van der Waals surface area contributed by atoms with E-state index in [2.05, 4.69) is 15.7 Å². The molecule has 3 heterocycles. The Labute approximate surface area is 81.7 Å². The van der Waals surface area contributed by atoms with Gasteiger partial charge in [-0.15, -0.1) is 0 Å². The minimum absolute atomic E-state index is 0.221. The molecule has 0 spiro atoms. The van der Waals surface area contributed by atoms with Crippen LogP contribution in [-0.2, 0) is 0 Å². The van der Waals surface area contributed by atoms with Crippen molar-refractivity contribution in [1.29, 1.82) is 0 Å². The minimum atomic E-state index is 0.221. The summed E-state index contributed by atoms with van der Waals surface area (Å²) in [5, 5.41) is 14.9. The van der Waals surface area contributed by atoms with Gasteiger partial charge in [0.05, 0.1) is 18.1 Å². The summed E-state index contributed by atoms with van der Waals surface area (Å²) in [6, 6.07) is 0. The predicted octanol–water partition coefficient (Wildman–Crippen LogP) is 0.644. The maximum absolute atomic E-state index is 9.60. The maximum Gasteiger partial charge on any atom is 0.159 e. The molecule has 5 heteroatoms. The lowest BCUT2D eigenvalue weighted by Crippen LogP contribution is -2.50. The summed E-state index contributed by atoms with van der Waals surface area (Å²) in [6.07, 6.45) is 5.72. The van der Waals surface area contributed by atoms with Gasteiger partial charge in [-0.05, 0) is 12.8 Å². The van der Waals surface area contributed by atoms with Gasteiger partial charge in [0.1, 0.15) is 11.9 Å². The molecule has 1 fully saturated rings. The molecule has 0 aliphatic carbocycles. The number of nitrogens with one attached hydrogen (secondary N) is 2. The summed E-state index contributed by atoms with van der Waals surface area (Å²) in [4.78, 5) is 3.98. The number of hydrazine groups is 1. The van der Waals surface area contributed by atoms with Crippen LogP contribution in [0.3, 0.4) is 0 Å². The highest BCUT2D eigenvalue weighted by atomic mass is 16.3. The number of fused-ring (bicyclic) bond motifs is 3. The molecule has 0 amide bonds. The van der Waals surface area contributed by atoms with Crippen LogP contribution in [-0.4, -0.2) is 22.8 Å². The van der Waals surface area contributed by atoms with E-state index in [-0.39, 0.29) is 11.9 Å². The summed E-state index contributed by atoms with van der Waals surface area (Å²) < 4.78 is 0. The fraction of sp³-hybridized carbons (Fsp3) is 0.444. The number of rotatable bonds is 0. The highest BCUT2D eigenvalue weighted by Gasteiger charge is 2.32. The van der Waals surface area contributed by atoms with Crippen LogP contribution in [0, 0.1) is 0 Å². The molecular formula is C9H12N4O. The molecule has 74 valence electrons. The Kier molecular flexibility index (Phi) is 1.55. The lowest BCUT2D eigenvalue weighted by molar-refractivity contribution is 0.450. The minimum Gasteiger partial charge on any atom is -0.504 e. The SMILES string of the molecule is Oc1cncc2c1NC1CCCNN21. The summed E-state index contributed by atoms with van der Waals surface area (Å²) >= 11 is 0. The van der Waals surface area contributed by atoms with Gasteiger partial charge in [-0.1, -0.05) is 0 Å². The monoisotopic (exact) mass is 192 g/mol. The van der Waals surface area contributed by atoms with Gasteiger partial charge in [-0.25, -0.2) is 5.43 Å². The average Bonchev–Trinajstić information content (AvgIpc) is 2.59. The third kappa shape index (κ3) is 0.957. The average molecular weight is 192 g/mol. The summed E-state index contributed by atoms with van der Waals surface area (Å²) in [6.45, 7) is 0.979. The summed E-state index contributed by atoms with van der Waals surface area (Å²) in [5.41, 5.74) is 5.01. The Morgan fingerprint density at radius 2 is 2.43 bits per heavy atom. The van der Waals surface area contributed by atoms with Crippen molar-refractivity contribution in [2.24, 2.45) is 0 Å². The maximum atomic E-state index is 9.60. The third-order valence-electron chi connectivity index (χ3n) is 2.72. The molecular weight excluding hydrogens is 180 g/mol. The van der Waals surface area contributed by atoms with Gasteiger partial charge in [0.25, 0.3) is 0 Å². The van der Waals surface area contributed by atoms with Crippen LogP contribution in [0.5, 0.6) is 5.75 Å². The van der Waals surface area contributed by atoms with Gasteiger partial charge < -0.3 is 10.4 Å². The standard InChI is InChI=1S/C9H12N4O/c14-7-5-10-4-6-9(7)12-8-2-1-3-11-13(6)8/h4-5,8,11-12,14H,1-3H2. The number of anilines is 2. The molecule has 1 unspecified atom stereocenters. The van der Waals surface area contributed by atoms with Crippen LogP contribution in [0.15, 0.2) is 12.4 Å². The normalized spacial score (nSPS) is 24.0. The van der Waals surface area contributed by atoms with E-state index in [0.717, 1.165) is 30.8 Å². The smallest absolute Gasteiger partial charge is 0.159 e. The summed E-state index contributed by atoms with van der Waals surface area (Å²) in [7, 11) is 0. The van der Waals surface area contributed by atoms with E-state index in [1.165, 1.54) is 6.20 Å². The topological polar surface area (TPSA) is 60.4 Å².